The molecule has 86 valence electrons. The second kappa shape index (κ2) is 5.88. The second-order valence-electron chi connectivity index (χ2n) is 4.24. The van der Waals surface area contributed by atoms with Gasteiger partial charge in [-0.3, -0.25) is 4.68 Å². The van der Waals surface area contributed by atoms with Crippen molar-refractivity contribution in [2.45, 2.75) is 26.9 Å². The summed E-state index contributed by atoms with van der Waals surface area (Å²) in [7, 11) is 2.12. The van der Waals surface area contributed by atoms with E-state index in [1.165, 1.54) is 5.56 Å². The molecule has 1 atom stereocenters. The van der Waals surface area contributed by atoms with Gasteiger partial charge in [0.2, 0.25) is 0 Å². The third-order valence-corrected chi connectivity index (χ3v) is 2.49. The van der Waals surface area contributed by atoms with Crippen LogP contribution in [0.4, 0.5) is 0 Å². The highest BCUT2D eigenvalue weighted by Gasteiger charge is 2.06. The van der Waals surface area contributed by atoms with E-state index < -0.39 is 0 Å². The minimum absolute atomic E-state index is 0.552. The molecule has 0 aromatic carbocycles. The van der Waals surface area contributed by atoms with E-state index >= 15 is 0 Å². The van der Waals surface area contributed by atoms with E-state index in [1.54, 1.807) is 0 Å². The molecule has 1 unspecified atom stereocenters. The van der Waals surface area contributed by atoms with Crippen LogP contribution in [0.5, 0.6) is 0 Å². The van der Waals surface area contributed by atoms with Gasteiger partial charge in [-0.2, -0.15) is 5.10 Å². The summed E-state index contributed by atoms with van der Waals surface area (Å²) in [5, 5.41) is 4.25. The van der Waals surface area contributed by atoms with Crippen LogP contribution in [-0.2, 0) is 13.1 Å². The van der Waals surface area contributed by atoms with Gasteiger partial charge >= 0.3 is 0 Å². The lowest BCUT2D eigenvalue weighted by molar-refractivity contribution is 0.282. The van der Waals surface area contributed by atoms with E-state index in [0.29, 0.717) is 5.92 Å². The van der Waals surface area contributed by atoms with Crippen molar-refractivity contribution in [3.8, 4) is 0 Å². The highest BCUT2D eigenvalue weighted by atomic mass is 15.3. The third-order valence-electron chi connectivity index (χ3n) is 2.49. The van der Waals surface area contributed by atoms with Crippen molar-refractivity contribution in [1.29, 1.82) is 0 Å². The van der Waals surface area contributed by atoms with Crippen LogP contribution in [0.3, 0.4) is 0 Å². The fourth-order valence-electron chi connectivity index (χ4n) is 1.64. The molecule has 0 aliphatic carbocycles. The Kier molecular flexibility index (Phi) is 4.78. The minimum atomic E-state index is 0.552. The largest absolute Gasteiger partial charge is 0.330 e. The van der Waals surface area contributed by atoms with Gasteiger partial charge in [0.15, 0.2) is 0 Å². The molecule has 1 heterocycles. The summed E-state index contributed by atoms with van der Waals surface area (Å²) in [4.78, 5) is 2.29. The molecule has 15 heavy (non-hydrogen) atoms. The first kappa shape index (κ1) is 12.2. The smallest absolute Gasteiger partial charge is 0.0534 e. The van der Waals surface area contributed by atoms with Gasteiger partial charge in [0.1, 0.15) is 0 Å². The maximum atomic E-state index is 5.60. The zero-order valence-corrected chi connectivity index (χ0v) is 9.98. The Morgan fingerprint density at radius 3 is 2.87 bits per heavy atom. The SMILES string of the molecule is CCn1cc(CN(C)CC(C)CN)cn1. The number of aryl methyl sites for hydroxylation is 1. The maximum absolute atomic E-state index is 5.60. The highest BCUT2D eigenvalue weighted by Crippen LogP contribution is 2.04. The van der Waals surface area contributed by atoms with Crippen LogP contribution < -0.4 is 5.73 Å². The molecule has 1 aromatic heterocycles. The van der Waals surface area contributed by atoms with E-state index in [0.717, 1.165) is 26.2 Å². The normalized spacial score (nSPS) is 13.4. The zero-order valence-electron chi connectivity index (χ0n) is 9.98. The monoisotopic (exact) mass is 210 g/mol. The Labute approximate surface area is 92.1 Å². The van der Waals surface area contributed by atoms with Gasteiger partial charge in [-0.25, -0.2) is 0 Å². The van der Waals surface area contributed by atoms with Gasteiger partial charge in [-0.1, -0.05) is 6.92 Å². The molecule has 0 amide bonds. The molecule has 0 saturated heterocycles. The van der Waals surface area contributed by atoms with Gasteiger partial charge in [-0.15, -0.1) is 0 Å². The quantitative estimate of drug-likeness (QED) is 0.760. The van der Waals surface area contributed by atoms with Crippen molar-refractivity contribution in [3.05, 3.63) is 18.0 Å². The van der Waals surface area contributed by atoms with Crippen molar-refractivity contribution in [2.24, 2.45) is 11.7 Å². The van der Waals surface area contributed by atoms with E-state index in [2.05, 4.69) is 37.1 Å². The maximum Gasteiger partial charge on any atom is 0.0534 e. The van der Waals surface area contributed by atoms with Crippen molar-refractivity contribution in [3.63, 3.8) is 0 Å². The lowest BCUT2D eigenvalue weighted by atomic mass is 10.1. The summed E-state index contributed by atoms with van der Waals surface area (Å²) < 4.78 is 1.95. The molecule has 1 rings (SSSR count). The molecular formula is C11H22N4. The highest BCUT2D eigenvalue weighted by molar-refractivity contribution is 5.03. The molecule has 0 saturated carbocycles. The Hall–Kier alpha value is -0.870. The van der Waals surface area contributed by atoms with Crippen molar-refractivity contribution < 1.29 is 0 Å². The summed E-state index contributed by atoms with van der Waals surface area (Å²) in [6.07, 6.45) is 4.04. The van der Waals surface area contributed by atoms with Crippen LogP contribution in [0.15, 0.2) is 12.4 Å². The molecule has 4 heteroatoms. The van der Waals surface area contributed by atoms with E-state index in [9.17, 15) is 0 Å². The second-order valence-corrected chi connectivity index (χ2v) is 4.24. The molecule has 1 aromatic rings. The van der Waals surface area contributed by atoms with Crippen molar-refractivity contribution in [1.82, 2.24) is 14.7 Å². The van der Waals surface area contributed by atoms with Gasteiger partial charge in [0, 0.05) is 31.4 Å². The number of hydrogen-bond acceptors (Lipinski definition) is 3. The predicted molar refractivity (Wildman–Crippen MR) is 62.5 cm³/mol. The summed E-state index contributed by atoms with van der Waals surface area (Å²) in [6, 6.07) is 0. The van der Waals surface area contributed by atoms with E-state index in [4.69, 9.17) is 5.73 Å². The lowest BCUT2D eigenvalue weighted by Crippen LogP contribution is -2.27. The van der Waals surface area contributed by atoms with Crippen LogP contribution in [-0.4, -0.2) is 34.8 Å². The van der Waals surface area contributed by atoms with E-state index in [-0.39, 0.29) is 0 Å². The Balaban J connectivity index is 2.40. The summed E-state index contributed by atoms with van der Waals surface area (Å²) in [5.74, 6) is 0.552. The van der Waals surface area contributed by atoms with Crippen LogP contribution in [0.2, 0.25) is 0 Å². The molecular weight excluding hydrogens is 188 g/mol. The molecule has 2 N–H and O–H groups in total. The molecule has 0 radical (unpaired) electrons. The first-order valence-corrected chi connectivity index (χ1v) is 5.55. The number of nitrogens with zero attached hydrogens (tertiary/aromatic N) is 3. The minimum Gasteiger partial charge on any atom is -0.330 e. The first-order valence-electron chi connectivity index (χ1n) is 5.55. The van der Waals surface area contributed by atoms with Gasteiger partial charge < -0.3 is 10.6 Å². The lowest BCUT2D eigenvalue weighted by Gasteiger charge is -2.19. The molecule has 0 bridgehead atoms. The fraction of sp³-hybridized carbons (Fsp3) is 0.727. The number of rotatable bonds is 6. The van der Waals surface area contributed by atoms with Crippen LogP contribution >= 0.6 is 0 Å². The molecule has 0 fully saturated rings. The summed E-state index contributed by atoms with van der Waals surface area (Å²) in [6.45, 7) is 7.93. The average Bonchev–Trinajstić information content (AvgIpc) is 2.65. The molecule has 0 aliphatic heterocycles. The average molecular weight is 210 g/mol. The Morgan fingerprint density at radius 2 is 2.33 bits per heavy atom. The Bertz CT molecular complexity index is 282. The predicted octanol–water partition coefficient (Wildman–Crippen LogP) is 0.930. The number of hydrogen-bond donors (Lipinski definition) is 1. The van der Waals surface area contributed by atoms with Crippen LogP contribution in [0, 0.1) is 5.92 Å². The van der Waals surface area contributed by atoms with E-state index in [1.807, 2.05) is 10.9 Å². The third kappa shape index (κ3) is 4.01. The van der Waals surface area contributed by atoms with Gasteiger partial charge in [0.25, 0.3) is 0 Å². The van der Waals surface area contributed by atoms with Crippen molar-refractivity contribution in [2.75, 3.05) is 20.1 Å². The topological polar surface area (TPSA) is 47.1 Å². The molecule has 4 nitrogen and oxygen atoms in total. The Morgan fingerprint density at radius 1 is 1.60 bits per heavy atom. The van der Waals surface area contributed by atoms with Crippen molar-refractivity contribution >= 4 is 0 Å². The molecule has 0 spiro atoms. The standard InChI is InChI=1S/C11H22N4/c1-4-15-9-11(6-13-15)8-14(3)7-10(2)5-12/h6,9-10H,4-5,7-8,12H2,1-3H3. The van der Waals surface area contributed by atoms with Crippen LogP contribution in [0.25, 0.3) is 0 Å². The van der Waals surface area contributed by atoms with Crippen LogP contribution in [0.1, 0.15) is 19.4 Å². The number of aromatic nitrogens is 2. The van der Waals surface area contributed by atoms with Gasteiger partial charge in [0.05, 0.1) is 6.20 Å². The summed E-state index contributed by atoms with van der Waals surface area (Å²) >= 11 is 0. The van der Waals surface area contributed by atoms with Gasteiger partial charge in [-0.05, 0) is 26.4 Å². The first-order chi connectivity index (χ1) is 7.15. The molecule has 0 aliphatic rings. The number of nitrogens with two attached hydrogens (primary N) is 1. The zero-order chi connectivity index (χ0) is 11.3. The fourth-order valence-corrected chi connectivity index (χ4v) is 1.64. The summed E-state index contributed by atoms with van der Waals surface area (Å²) in [5.41, 5.74) is 6.86.